The van der Waals surface area contributed by atoms with Crippen LogP contribution in [0, 0.1) is 26.1 Å². The maximum Gasteiger partial charge on any atom is 0.273 e. The molecule has 0 saturated carbocycles. The SMILES string of the molecule is COc1cc([N+](=O)[O-])cc2c1NC(c1cccc([N+](=O)[O-])c1)C1CC=CC21. The van der Waals surface area contributed by atoms with Gasteiger partial charge in [0.05, 0.1) is 34.8 Å². The van der Waals surface area contributed by atoms with Gasteiger partial charge in [-0.2, -0.15) is 0 Å². The first-order valence-electron chi connectivity index (χ1n) is 8.53. The number of nitro benzene ring substituents is 2. The molecule has 1 aliphatic heterocycles. The van der Waals surface area contributed by atoms with Gasteiger partial charge in [0.2, 0.25) is 0 Å². The Hall–Kier alpha value is -3.42. The minimum atomic E-state index is -0.427. The lowest BCUT2D eigenvalue weighted by Gasteiger charge is -2.37. The number of methoxy groups -OCH3 is 1. The van der Waals surface area contributed by atoms with Crippen LogP contribution in [0.5, 0.6) is 5.75 Å². The highest BCUT2D eigenvalue weighted by atomic mass is 16.6. The van der Waals surface area contributed by atoms with Gasteiger partial charge in [0.25, 0.3) is 11.4 Å². The van der Waals surface area contributed by atoms with Gasteiger partial charge in [0, 0.05) is 24.1 Å². The van der Waals surface area contributed by atoms with Crippen molar-refractivity contribution in [3.8, 4) is 5.75 Å². The van der Waals surface area contributed by atoms with Crippen molar-refractivity contribution >= 4 is 17.1 Å². The first-order chi connectivity index (χ1) is 13.0. The number of hydrogen-bond acceptors (Lipinski definition) is 6. The second-order valence-corrected chi connectivity index (χ2v) is 6.70. The largest absolute Gasteiger partial charge is 0.494 e. The number of rotatable bonds is 4. The molecule has 2 aliphatic rings. The van der Waals surface area contributed by atoms with Gasteiger partial charge in [-0.3, -0.25) is 20.2 Å². The number of nitrogens with one attached hydrogen (secondary N) is 1. The Balaban J connectivity index is 1.83. The molecule has 3 unspecified atom stereocenters. The van der Waals surface area contributed by atoms with Crippen LogP contribution < -0.4 is 10.1 Å². The molecule has 2 aromatic rings. The first-order valence-corrected chi connectivity index (χ1v) is 8.53. The van der Waals surface area contributed by atoms with Crippen LogP contribution in [0.2, 0.25) is 0 Å². The highest BCUT2D eigenvalue weighted by Gasteiger charge is 2.40. The van der Waals surface area contributed by atoms with Crippen molar-refractivity contribution in [2.45, 2.75) is 18.4 Å². The summed E-state index contributed by atoms with van der Waals surface area (Å²) >= 11 is 0. The molecule has 138 valence electrons. The third kappa shape index (κ3) is 2.79. The molecule has 0 amide bonds. The molecule has 8 nitrogen and oxygen atoms in total. The topological polar surface area (TPSA) is 108 Å². The fraction of sp³-hybridized carbons (Fsp3) is 0.263. The Morgan fingerprint density at radius 3 is 2.59 bits per heavy atom. The molecule has 0 saturated heterocycles. The normalized spacial score (nSPS) is 22.5. The molecule has 4 rings (SSSR count). The van der Waals surface area contributed by atoms with Crippen LogP contribution in [0.1, 0.15) is 29.5 Å². The number of non-ortho nitro benzene ring substituents is 2. The average molecular weight is 367 g/mol. The molecule has 0 bridgehead atoms. The lowest BCUT2D eigenvalue weighted by atomic mass is 9.76. The van der Waals surface area contributed by atoms with Crippen LogP contribution in [-0.2, 0) is 0 Å². The fourth-order valence-corrected chi connectivity index (χ4v) is 4.08. The minimum absolute atomic E-state index is 0.0137. The Bertz CT molecular complexity index is 972. The van der Waals surface area contributed by atoms with Gasteiger partial charge in [-0.15, -0.1) is 0 Å². The predicted molar refractivity (Wildman–Crippen MR) is 99.1 cm³/mol. The van der Waals surface area contributed by atoms with E-state index in [-0.39, 0.29) is 29.3 Å². The van der Waals surface area contributed by atoms with E-state index in [1.165, 1.54) is 19.2 Å². The Labute approximate surface area is 154 Å². The zero-order chi connectivity index (χ0) is 19.1. The maximum absolute atomic E-state index is 11.3. The monoisotopic (exact) mass is 367 g/mol. The van der Waals surface area contributed by atoms with E-state index in [1.54, 1.807) is 18.2 Å². The Morgan fingerprint density at radius 2 is 1.89 bits per heavy atom. The van der Waals surface area contributed by atoms with E-state index in [0.29, 0.717) is 11.4 Å². The van der Waals surface area contributed by atoms with Gasteiger partial charge in [-0.25, -0.2) is 0 Å². The molecule has 1 aliphatic carbocycles. The number of hydrogen-bond donors (Lipinski definition) is 1. The molecule has 1 heterocycles. The lowest BCUT2D eigenvalue weighted by Crippen LogP contribution is -2.29. The summed E-state index contributed by atoms with van der Waals surface area (Å²) in [6, 6.07) is 9.41. The highest BCUT2D eigenvalue weighted by Crippen LogP contribution is 2.53. The molecule has 0 fully saturated rings. The fourth-order valence-electron chi connectivity index (χ4n) is 4.08. The molecule has 1 N–H and O–H groups in total. The molecule has 8 heteroatoms. The van der Waals surface area contributed by atoms with Gasteiger partial charge in [0.1, 0.15) is 5.75 Å². The van der Waals surface area contributed by atoms with Crippen molar-refractivity contribution in [3.05, 3.63) is 79.9 Å². The molecule has 0 aromatic heterocycles. The van der Waals surface area contributed by atoms with Gasteiger partial charge in [-0.05, 0) is 23.5 Å². The molecular weight excluding hydrogens is 350 g/mol. The second kappa shape index (κ2) is 6.39. The van der Waals surface area contributed by atoms with Crippen LogP contribution in [0.25, 0.3) is 0 Å². The molecule has 3 atom stereocenters. The molecular formula is C19H17N3O5. The van der Waals surface area contributed by atoms with E-state index in [2.05, 4.69) is 17.5 Å². The molecule has 0 spiro atoms. The maximum atomic E-state index is 11.3. The van der Waals surface area contributed by atoms with E-state index in [9.17, 15) is 20.2 Å². The van der Waals surface area contributed by atoms with Crippen molar-refractivity contribution in [3.63, 3.8) is 0 Å². The Morgan fingerprint density at radius 1 is 1.11 bits per heavy atom. The predicted octanol–water partition coefficient (Wildman–Crippen LogP) is 4.34. The summed E-state index contributed by atoms with van der Waals surface area (Å²) in [5.74, 6) is 0.499. The summed E-state index contributed by atoms with van der Waals surface area (Å²) in [4.78, 5) is 21.6. The zero-order valence-corrected chi connectivity index (χ0v) is 14.5. The number of nitrogens with zero attached hydrogens (tertiary/aromatic N) is 2. The number of fused-ring (bicyclic) bond motifs is 3. The van der Waals surface area contributed by atoms with Gasteiger partial charge >= 0.3 is 0 Å². The van der Waals surface area contributed by atoms with Crippen LogP contribution in [0.4, 0.5) is 17.1 Å². The number of benzene rings is 2. The smallest absolute Gasteiger partial charge is 0.273 e. The number of allylic oxidation sites excluding steroid dienone is 2. The summed E-state index contributed by atoms with van der Waals surface area (Å²) in [6.07, 6.45) is 4.90. The van der Waals surface area contributed by atoms with Crippen molar-refractivity contribution in [1.82, 2.24) is 0 Å². The van der Waals surface area contributed by atoms with Gasteiger partial charge < -0.3 is 10.1 Å². The lowest BCUT2D eigenvalue weighted by molar-refractivity contribution is -0.385. The number of nitro groups is 2. The van der Waals surface area contributed by atoms with Crippen molar-refractivity contribution in [2.75, 3.05) is 12.4 Å². The third-order valence-electron chi connectivity index (χ3n) is 5.29. The Kier molecular flexibility index (Phi) is 4.02. The molecule has 27 heavy (non-hydrogen) atoms. The molecule has 2 aromatic carbocycles. The summed E-state index contributed by atoms with van der Waals surface area (Å²) in [5, 5.41) is 25.9. The van der Waals surface area contributed by atoms with Crippen LogP contribution >= 0.6 is 0 Å². The average Bonchev–Trinajstić information content (AvgIpc) is 3.16. The summed E-state index contributed by atoms with van der Waals surface area (Å²) < 4.78 is 5.40. The summed E-state index contributed by atoms with van der Waals surface area (Å²) in [7, 11) is 1.47. The highest BCUT2D eigenvalue weighted by molar-refractivity contribution is 5.71. The standard InChI is InChI=1S/C19H17N3O5/c1-27-17-10-13(22(25)26)9-16-14-6-3-7-15(14)18(20-19(16)17)11-4-2-5-12(8-11)21(23)24/h2-6,8-10,14-15,18,20H,7H2,1H3. The quantitative estimate of drug-likeness (QED) is 0.489. The molecule has 0 radical (unpaired) electrons. The second-order valence-electron chi connectivity index (χ2n) is 6.70. The third-order valence-corrected chi connectivity index (χ3v) is 5.29. The summed E-state index contributed by atoms with van der Waals surface area (Å²) in [5.41, 5.74) is 2.36. The first kappa shape index (κ1) is 17.0. The van der Waals surface area contributed by atoms with E-state index >= 15 is 0 Å². The van der Waals surface area contributed by atoms with E-state index < -0.39 is 9.85 Å². The van der Waals surface area contributed by atoms with Gasteiger partial charge in [-0.1, -0.05) is 24.3 Å². The zero-order valence-electron chi connectivity index (χ0n) is 14.5. The van der Waals surface area contributed by atoms with Crippen molar-refractivity contribution in [1.29, 1.82) is 0 Å². The van der Waals surface area contributed by atoms with Crippen LogP contribution in [0.15, 0.2) is 48.6 Å². The van der Waals surface area contributed by atoms with E-state index in [1.807, 2.05) is 6.07 Å². The summed E-state index contributed by atoms with van der Waals surface area (Å²) in [6.45, 7) is 0. The minimum Gasteiger partial charge on any atom is -0.494 e. The van der Waals surface area contributed by atoms with Crippen molar-refractivity contribution < 1.29 is 14.6 Å². The van der Waals surface area contributed by atoms with Crippen molar-refractivity contribution in [2.24, 2.45) is 5.92 Å². The number of ether oxygens (including phenoxy) is 1. The van der Waals surface area contributed by atoms with E-state index in [0.717, 1.165) is 17.5 Å². The van der Waals surface area contributed by atoms with E-state index in [4.69, 9.17) is 4.74 Å². The number of anilines is 1. The van der Waals surface area contributed by atoms with Crippen LogP contribution in [0.3, 0.4) is 0 Å². The van der Waals surface area contributed by atoms with Crippen LogP contribution in [-0.4, -0.2) is 17.0 Å². The van der Waals surface area contributed by atoms with Gasteiger partial charge in [0.15, 0.2) is 0 Å².